The summed E-state index contributed by atoms with van der Waals surface area (Å²) in [5.41, 5.74) is 11.8. The Hall–Kier alpha value is -4.18. The zero-order chi connectivity index (χ0) is 24.6. The molecule has 2 amide bonds. The maximum Gasteiger partial charge on any atom is 0.253 e. The van der Waals surface area contributed by atoms with Crippen LogP contribution >= 0.6 is 0 Å². The highest BCUT2D eigenvalue weighted by Crippen LogP contribution is 2.27. The number of nitrogens with zero attached hydrogens (tertiary/aromatic N) is 1. The fourth-order valence-corrected chi connectivity index (χ4v) is 4.39. The average molecular weight is 463 g/mol. The summed E-state index contributed by atoms with van der Waals surface area (Å²) in [5, 5.41) is 0. The van der Waals surface area contributed by atoms with E-state index in [0.717, 1.165) is 34.2 Å². The second kappa shape index (κ2) is 11.3. The van der Waals surface area contributed by atoms with E-state index < -0.39 is 0 Å². The SMILES string of the molecule is CN(Cc1cccc(-c2ccc(CC(CC(N)=O)c3ccccc3)cc2)c1)C(=O)c1ccccc1. The van der Waals surface area contributed by atoms with Gasteiger partial charge in [-0.05, 0) is 58.4 Å². The minimum absolute atomic E-state index is 0.00397. The smallest absolute Gasteiger partial charge is 0.253 e. The van der Waals surface area contributed by atoms with Crippen molar-refractivity contribution in [1.82, 2.24) is 4.90 Å². The van der Waals surface area contributed by atoms with E-state index in [2.05, 4.69) is 36.4 Å². The number of carbonyl (C=O) groups is 2. The minimum atomic E-state index is -0.289. The molecule has 0 saturated carbocycles. The topological polar surface area (TPSA) is 63.4 Å². The number of amides is 2. The van der Waals surface area contributed by atoms with Crippen LogP contribution in [0.4, 0.5) is 0 Å². The van der Waals surface area contributed by atoms with Crippen LogP contribution in [0.15, 0.2) is 109 Å². The number of benzene rings is 4. The molecule has 0 bridgehead atoms. The first-order valence-corrected chi connectivity index (χ1v) is 11.8. The molecular formula is C31H30N2O2. The predicted molar refractivity (Wildman–Crippen MR) is 141 cm³/mol. The van der Waals surface area contributed by atoms with E-state index in [1.165, 1.54) is 0 Å². The Morgan fingerprint density at radius 1 is 0.743 bits per heavy atom. The Labute approximate surface area is 207 Å². The molecule has 0 heterocycles. The predicted octanol–water partition coefficient (Wildman–Crippen LogP) is 5.83. The van der Waals surface area contributed by atoms with Crippen molar-refractivity contribution in [3.8, 4) is 11.1 Å². The largest absolute Gasteiger partial charge is 0.370 e. The van der Waals surface area contributed by atoms with Gasteiger partial charge in [-0.3, -0.25) is 9.59 Å². The van der Waals surface area contributed by atoms with Gasteiger partial charge in [0, 0.05) is 25.6 Å². The Balaban J connectivity index is 1.46. The summed E-state index contributed by atoms with van der Waals surface area (Å²) in [4.78, 5) is 26.1. The highest BCUT2D eigenvalue weighted by atomic mass is 16.2. The van der Waals surface area contributed by atoms with Gasteiger partial charge in [0.15, 0.2) is 0 Å². The van der Waals surface area contributed by atoms with Crippen molar-refractivity contribution < 1.29 is 9.59 Å². The molecule has 176 valence electrons. The van der Waals surface area contributed by atoms with Crippen LogP contribution in [-0.4, -0.2) is 23.8 Å². The second-order valence-corrected chi connectivity index (χ2v) is 8.91. The molecule has 0 aliphatic rings. The van der Waals surface area contributed by atoms with Crippen molar-refractivity contribution in [3.05, 3.63) is 131 Å². The third-order valence-electron chi connectivity index (χ3n) is 6.20. The molecule has 0 radical (unpaired) electrons. The normalized spacial score (nSPS) is 11.6. The van der Waals surface area contributed by atoms with Gasteiger partial charge in [0.1, 0.15) is 0 Å². The lowest BCUT2D eigenvalue weighted by Crippen LogP contribution is -2.26. The fraction of sp³-hybridized carbons (Fsp3) is 0.161. The highest BCUT2D eigenvalue weighted by molar-refractivity contribution is 5.94. The molecule has 0 aliphatic carbocycles. The molecule has 1 unspecified atom stereocenters. The molecule has 2 N–H and O–H groups in total. The lowest BCUT2D eigenvalue weighted by Gasteiger charge is -2.18. The fourth-order valence-electron chi connectivity index (χ4n) is 4.39. The Morgan fingerprint density at radius 2 is 1.40 bits per heavy atom. The van der Waals surface area contributed by atoms with E-state index >= 15 is 0 Å². The summed E-state index contributed by atoms with van der Waals surface area (Å²) in [6, 6.07) is 36.1. The molecule has 0 saturated heterocycles. The van der Waals surface area contributed by atoms with Gasteiger partial charge in [0.2, 0.25) is 5.91 Å². The van der Waals surface area contributed by atoms with E-state index in [1.807, 2.05) is 79.8 Å². The van der Waals surface area contributed by atoms with Gasteiger partial charge in [-0.25, -0.2) is 0 Å². The first-order valence-electron chi connectivity index (χ1n) is 11.8. The van der Waals surface area contributed by atoms with Gasteiger partial charge in [-0.1, -0.05) is 91.0 Å². The number of hydrogen-bond donors (Lipinski definition) is 1. The van der Waals surface area contributed by atoms with E-state index in [-0.39, 0.29) is 17.7 Å². The molecule has 35 heavy (non-hydrogen) atoms. The zero-order valence-electron chi connectivity index (χ0n) is 19.9. The first kappa shape index (κ1) is 24.0. The van der Waals surface area contributed by atoms with Crippen LogP contribution in [0.2, 0.25) is 0 Å². The third-order valence-corrected chi connectivity index (χ3v) is 6.20. The average Bonchev–Trinajstić information content (AvgIpc) is 2.89. The third kappa shape index (κ3) is 6.45. The number of hydrogen-bond acceptors (Lipinski definition) is 2. The number of carbonyl (C=O) groups excluding carboxylic acids is 2. The van der Waals surface area contributed by atoms with Crippen molar-refractivity contribution in [2.24, 2.45) is 5.73 Å². The summed E-state index contributed by atoms with van der Waals surface area (Å²) < 4.78 is 0. The quantitative estimate of drug-likeness (QED) is 0.340. The van der Waals surface area contributed by atoms with Gasteiger partial charge < -0.3 is 10.6 Å². The summed E-state index contributed by atoms with van der Waals surface area (Å²) >= 11 is 0. The lowest BCUT2D eigenvalue weighted by molar-refractivity contribution is -0.118. The van der Waals surface area contributed by atoms with E-state index in [0.29, 0.717) is 18.5 Å². The van der Waals surface area contributed by atoms with Crippen molar-refractivity contribution in [1.29, 1.82) is 0 Å². The maximum atomic E-state index is 12.7. The Kier molecular flexibility index (Phi) is 7.74. The standard InChI is InChI=1S/C31H30N2O2/c1-33(31(35)27-12-6-3-7-13-27)22-24-9-8-14-28(20-24)26-17-15-23(16-18-26)19-29(21-30(32)34)25-10-4-2-5-11-25/h2-18,20,29H,19,21-22H2,1H3,(H2,32,34). The van der Waals surface area contributed by atoms with Crippen LogP contribution in [0.25, 0.3) is 11.1 Å². The second-order valence-electron chi connectivity index (χ2n) is 8.91. The van der Waals surface area contributed by atoms with Crippen molar-refractivity contribution in [2.45, 2.75) is 25.3 Å². The van der Waals surface area contributed by atoms with Crippen LogP contribution in [0.3, 0.4) is 0 Å². The van der Waals surface area contributed by atoms with Crippen LogP contribution in [0.5, 0.6) is 0 Å². The van der Waals surface area contributed by atoms with Gasteiger partial charge in [0.05, 0.1) is 0 Å². The molecule has 1 atom stereocenters. The van der Waals surface area contributed by atoms with Crippen LogP contribution in [0.1, 0.15) is 39.4 Å². The molecule has 4 aromatic carbocycles. The minimum Gasteiger partial charge on any atom is -0.370 e. The number of primary amides is 1. The molecule has 4 heteroatoms. The molecule has 4 nitrogen and oxygen atoms in total. The molecule has 4 aromatic rings. The van der Waals surface area contributed by atoms with Gasteiger partial charge in [0.25, 0.3) is 5.91 Å². The van der Waals surface area contributed by atoms with Crippen molar-refractivity contribution in [3.63, 3.8) is 0 Å². The number of nitrogens with two attached hydrogens (primary N) is 1. The van der Waals surface area contributed by atoms with Gasteiger partial charge in [-0.15, -0.1) is 0 Å². The molecule has 0 aliphatic heterocycles. The van der Waals surface area contributed by atoms with E-state index in [1.54, 1.807) is 4.90 Å². The molecule has 0 aromatic heterocycles. The van der Waals surface area contributed by atoms with E-state index in [4.69, 9.17) is 5.73 Å². The van der Waals surface area contributed by atoms with Crippen molar-refractivity contribution in [2.75, 3.05) is 7.05 Å². The lowest BCUT2D eigenvalue weighted by atomic mass is 9.88. The van der Waals surface area contributed by atoms with Crippen LogP contribution < -0.4 is 5.73 Å². The summed E-state index contributed by atoms with van der Waals surface area (Å²) in [5.74, 6) is -0.229. The zero-order valence-corrected chi connectivity index (χ0v) is 19.9. The summed E-state index contributed by atoms with van der Waals surface area (Å²) in [6.45, 7) is 0.533. The van der Waals surface area contributed by atoms with Crippen molar-refractivity contribution >= 4 is 11.8 Å². The van der Waals surface area contributed by atoms with E-state index in [9.17, 15) is 9.59 Å². The van der Waals surface area contributed by atoms with Crippen LogP contribution in [-0.2, 0) is 17.8 Å². The molecule has 0 fully saturated rings. The monoisotopic (exact) mass is 462 g/mol. The summed E-state index contributed by atoms with van der Waals surface area (Å²) in [7, 11) is 1.83. The highest BCUT2D eigenvalue weighted by Gasteiger charge is 2.16. The summed E-state index contributed by atoms with van der Waals surface area (Å²) in [6.07, 6.45) is 1.07. The van der Waals surface area contributed by atoms with Gasteiger partial charge in [-0.2, -0.15) is 0 Å². The molecular weight excluding hydrogens is 432 g/mol. The Bertz CT molecular complexity index is 1270. The maximum absolute atomic E-state index is 12.7. The Morgan fingerprint density at radius 3 is 2.06 bits per heavy atom. The number of rotatable bonds is 9. The van der Waals surface area contributed by atoms with Gasteiger partial charge >= 0.3 is 0 Å². The molecule has 0 spiro atoms. The first-order chi connectivity index (χ1) is 17.0. The molecule has 4 rings (SSSR count). The van der Waals surface area contributed by atoms with Crippen LogP contribution in [0, 0.1) is 0 Å².